The molecule has 0 aromatic rings. The number of hydrogen-bond donors (Lipinski definition) is 0. The van der Waals surface area contributed by atoms with Crippen LogP contribution >= 0.6 is 11.6 Å². The number of rotatable bonds is 3. The van der Waals surface area contributed by atoms with Crippen molar-refractivity contribution in [1.29, 1.82) is 0 Å². The molecule has 1 heterocycles. The summed E-state index contributed by atoms with van der Waals surface area (Å²) in [6.07, 6.45) is 0.660. The molecule has 1 rings (SSSR count). The van der Waals surface area contributed by atoms with Gasteiger partial charge in [0.25, 0.3) is 0 Å². The van der Waals surface area contributed by atoms with Gasteiger partial charge in [-0.15, -0.1) is 11.6 Å². The second kappa shape index (κ2) is 3.76. The van der Waals surface area contributed by atoms with Gasteiger partial charge in [-0.25, -0.2) is 4.79 Å². The van der Waals surface area contributed by atoms with E-state index in [4.69, 9.17) is 11.6 Å². The summed E-state index contributed by atoms with van der Waals surface area (Å²) in [5, 5.41) is 0. The first-order chi connectivity index (χ1) is 5.66. The number of hydrogen-bond acceptors (Lipinski definition) is 2. The third-order valence-corrected chi connectivity index (χ3v) is 2.01. The van der Waals surface area contributed by atoms with Gasteiger partial charge in [-0.05, 0) is 6.42 Å². The van der Waals surface area contributed by atoms with E-state index >= 15 is 0 Å². The first kappa shape index (κ1) is 9.32. The molecule has 1 aliphatic heterocycles. The zero-order valence-electron chi connectivity index (χ0n) is 6.92. The number of alkyl halides is 1. The molecule has 12 heavy (non-hydrogen) atoms. The Kier molecular flexibility index (Phi) is 2.92. The smallest absolute Gasteiger partial charge is 0.318 e. The molecule has 0 atom stereocenters. The highest BCUT2D eigenvalue weighted by Crippen LogP contribution is 2.08. The summed E-state index contributed by atoms with van der Waals surface area (Å²) in [5.41, 5.74) is 0. The van der Waals surface area contributed by atoms with E-state index in [1.165, 1.54) is 9.80 Å². The summed E-state index contributed by atoms with van der Waals surface area (Å²) in [6.45, 7) is 0.632. The Balaban J connectivity index is 2.52. The Morgan fingerprint density at radius 1 is 1.50 bits per heavy atom. The van der Waals surface area contributed by atoms with E-state index in [2.05, 4.69) is 0 Å². The summed E-state index contributed by atoms with van der Waals surface area (Å²) >= 11 is 5.45. The van der Waals surface area contributed by atoms with E-state index in [0.717, 1.165) is 0 Å². The van der Waals surface area contributed by atoms with Crippen LogP contribution in [0.1, 0.15) is 6.42 Å². The highest BCUT2D eigenvalue weighted by atomic mass is 35.5. The Bertz CT molecular complexity index is 208. The van der Waals surface area contributed by atoms with E-state index in [9.17, 15) is 9.59 Å². The molecule has 0 aromatic heterocycles. The lowest BCUT2D eigenvalue weighted by atomic mass is 10.4. The zero-order valence-corrected chi connectivity index (χ0v) is 7.67. The minimum Gasteiger partial charge on any atom is -0.318 e. The lowest BCUT2D eigenvalue weighted by Crippen LogP contribution is -2.32. The second-order valence-corrected chi connectivity index (χ2v) is 3.10. The molecule has 1 fully saturated rings. The number of halogens is 1. The maximum atomic E-state index is 11.2. The summed E-state index contributed by atoms with van der Waals surface area (Å²) < 4.78 is 0. The number of carbonyl (C=O) groups is 2. The third-order valence-electron chi connectivity index (χ3n) is 1.75. The Morgan fingerprint density at radius 3 is 2.58 bits per heavy atom. The predicted octanol–water partition coefficient (Wildman–Crippen LogP) is 0.509. The van der Waals surface area contributed by atoms with Crippen molar-refractivity contribution in [3.05, 3.63) is 0 Å². The normalized spacial score (nSPS) is 17.8. The van der Waals surface area contributed by atoms with Crippen LogP contribution in [0.25, 0.3) is 0 Å². The number of carbonyl (C=O) groups excluding carboxylic acids is 2. The van der Waals surface area contributed by atoms with Crippen LogP contribution in [0, 0.1) is 0 Å². The molecule has 0 aromatic carbocycles. The van der Waals surface area contributed by atoms with E-state index < -0.39 is 0 Å². The number of likely N-dealkylation sites (N-methyl/N-ethyl adjacent to an activating group) is 1. The topological polar surface area (TPSA) is 40.6 Å². The van der Waals surface area contributed by atoms with Crippen molar-refractivity contribution in [3.8, 4) is 0 Å². The second-order valence-electron chi connectivity index (χ2n) is 2.73. The van der Waals surface area contributed by atoms with E-state index in [0.29, 0.717) is 18.8 Å². The van der Waals surface area contributed by atoms with E-state index in [1.807, 2.05) is 0 Å². The lowest BCUT2D eigenvalue weighted by Gasteiger charge is -2.12. The minimum atomic E-state index is -0.217. The van der Waals surface area contributed by atoms with Gasteiger partial charge in [0.15, 0.2) is 0 Å². The van der Waals surface area contributed by atoms with Crippen molar-refractivity contribution in [1.82, 2.24) is 9.80 Å². The maximum absolute atomic E-state index is 11.2. The molecule has 0 unspecified atom stereocenters. The quantitative estimate of drug-likeness (QED) is 0.481. The van der Waals surface area contributed by atoms with Gasteiger partial charge in [0.2, 0.25) is 5.91 Å². The van der Waals surface area contributed by atoms with Crippen LogP contribution in [-0.2, 0) is 4.79 Å². The zero-order chi connectivity index (χ0) is 9.14. The average Bonchev–Trinajstić information content (AvgIpc) is 2.25. The number of amides is 3. The van der Waals surface area contributed by atoms with Gasteiger partial charge in [-0.2, -0.15) is 0 Å². The van der Waals surface area contributed by atoms with Gasteiger partial charge in [0, 0.05) is 19.5 Å². The molecule has 0 bridgehead atoms. The molecule has 0 radical (unpaired) electrons. The fourth-order valence-corrected chi connectivity index (χ4v) is 1.23. The highest BCUT2D eigenvalue weighted by molar-refractivity contribution is 6.17. The molecular formula is C7H11ClN2O2. The molecule has 4 nitrogen and oxygen atoms in total. The maximum Gasteiger partial charge on any atom is 0.326 e. The van der Waals surface area contributed by atoms with Crippen molar-refractivity contribution in [3.63, 3.8) is 0 Å². The van der Waals surface area contributed by atoms with Crippen LogP contribution in [-0.4, -0.2) is 47.8 Å². The standard InChI is InChI=1S/C7H11ClN2O2/c1-9-5-6(11)10(7(9)12)4-2-3-8/h2-5H2,1H3. The minimum absolute atomic E-state index is 0.132. The SMILES string of the molecule is CN1CC(=O)N(CCCCl)C1=O. The molecule has 0 N–H and O–H groups in total. The van der Waals surface area contributed by atoms with Crippen molar-refractivity contribution in [2.24, 2.45) is 0 Å². The van der Waals surface area contributed by atoms with Crippen LogP contribution in [0.4, 0.5) is 4.79 Å². The van der Waals surface area contributed by atoms with E-state index in [-0.39, 0.29) is 18.5 Å². The fraction of sp³-hybridized carbons (Fsp3) is 0.714. The summed E-state index contributed by atoms with van der Waals surface area (Å²) in [5.74, 6) is 0.341. The van der Waals surface area contributed by atoms with Gasteiger partial charge >= 0.3 is 6.03 Å². The van der Waals surface area contributed by atoms with Crippen molar-refractivity contribution in [2.45, 2.75) is 6.42 Å². The molecule has 1 saturated heterocycles. The number of urea groups is 1. The van der Waals surface area contributed by atoms with Crippen molar-refractivity contribution >= 4 is 23.5 Å². The molecule has 1 aliphatic rings. The summed E-state index contributed by atoms with van der Waals surface area (Å²) in [7, 11) is 1.61. The van der Waals surface area contributed by atoms with Crippen LogP contribution in [0.15, 0.2) is 0 Å². The van der Waals surface area contributed by atoms with Crippen LogP contribution in [0.3, 0.4) is 0 Å². The average molecular weight is 191 g/mol. The molecule has 0 aliphatic carbocycles. The molecule has 0 saturated carbocycles. The number of imide groups is 1. The molecule has 5 heteroatoms. The third kappa shape index (κ3) is 1.69. The molecule has 68 valence electrons. The summed E-state index contributed by atoms with van der Waals surface area (Å²) in [4.78, 5) is 25.0. The first-order valence-electron chi connectivity index (χ1n) is 3.78. The summed E-state index contributed by atoms with van der Waals surface area (Å²) in [6, 6.07) is -0.217. The number of nitrogens with zero attached hydrogens (tertiary/aromatic N) is 2. The fourth-order valence-electron chi connectivity index (χ4n) is 1.11. The lowest BCUT2D eigenvalue weighted by molar-refractivity contribution is -0.125. The Hall–Kier alpha value is -0.770. The van der Waals surface area contributed by atoms with Gasteiger partial charge in [-0.3, -0.25) is 9.69 Å². The molecule has 3 amide bonds. The van der Waals surface area contributed by atoms with Crippen molar-refractivity contribution in [2.75, 3.05) is 26.0 Å². The van der Waals surface area contributed by atoms with Crippen LogP contribution < -0.4 is 0 Å². The largest absolute Gasteiger partial charge is 0.326 e. The molecular weight excluding hydrogens is 180 g/mol. The predicted molar refractivity (Wildman–Crippen MR) is 45.1 cm³/mol. The van der Waals surface area contributed by atoms with Crippen LogP contribution in [0.5, 0.6) is 0 Å². The van der Waals surface area contributed by atoms with Gasteiger partial charge in [0.1, 0.15) is 6.54 Å². The highest BCUT2D eigenvalue weighted by Gasteiger charge is 2.32. The Morgan fingerprint density at radius 2 is 2.17 bits per heavy atom. The Labute approximate surface area is 76.1 Å². The molecule has 0 spiro atoms. The van der Waals surface area contributed by atoms with Gasteiger partial charge < -0.3 is 4.90 Å². The first-order valence-corrected chi connectivity index (χ1v) is 4.31. The van der Waals surface area contributed by atoms with Crippen molar-refractivity contribution < 1.29 is 9.59 Å². The van der Waals surface area contributed by atoms with E-state index in [1.54, 1.807) is 7.05 Å². The van der Waals surface area contributed by atoms with Gasteiger partial charge in [-0.1, -0.05) is 0 Å². The van der Waals surface area contributed by atoms with Gasteiger partial charge in [0.05, 0.1) is 0 Å². The monoisotopic (exact) mass is 190 g/mol. The van der Waals surface area contributed by atoms with Crippen LogP contribution in [0.2, 0.25) is 0 Å².